The number of carbonyl (C=O) groups is 1. The van der Waals surface area contributed by atoms with E-state index in [4.69, 9.17) is 14.2 Å². The van der Waals surface area contributed by atoms with E-state index in [1.807, 2.05) is 18.2 Å². The standard InChI is InChI=1S/C15H18O4/c1-10(2)15(16)19-7-6-18-12-5-4-11-8-14(17-3)13(11)9-12/h4-5,9,14H,1,6-8H2,2-3H3. The Morgan fingerprint density at radius 2 is 2.21 bits per heavy atom. The molecule has 1 atom stereocenters. The Morgan fingerprint density at radius 1 is 1.42 bits per heavy atom. The molecule has 0 bridgehead atoms. The first-order valence-corrected chi connectivity index (χ1v) is 6.23. The second-order valence-corrected chi connectivity index (χ2v) is 4.55. The Labute approximate surface area is 113 Å². The Morgan fingerprint density at radius 3 is 2.89 bits per heavy atom. The predicted molar refractivity (Wildman–Crippen MR) is 71.2 cm³/mol. The maximum atomic E-state index is 11.2. The van der Waals surface area contributed by atoms with Crippen molar-refractivity contribution >= 4 is 5.97 Å². The molecule has 0 aromatic heterocycles. The van der Waals surface area contributed by atoms with Gasteiger partial charge in [-0.3, -0.25) is 0 Å². The molecule has 0 amide bonds. The summed E-state index contributed by atoms with van der Waals surface area (Å²) >= 11 is 0. The van der Waals surface area contributed by atoms with E-state index in [9.17, 15) is 4.79 Å². The van der Waals surface area contributed by atoms with Crippen molar-refractivity contribution < 1.29 is 19.0 Å². The largest absolute Gasteiger partial charge is 0.490 e. The third kappa shape index (κ3) is 3.15. The first kappa shape index (κ1) is 13.6. The molecule has 0 N–H and O–H groups in total. The summed E-state index contributed by atoms with van der Waals surface area (Å²) in [6.45, 7) is 5.67. The van der Waals surface area contributed by atoms with Crippen LogP contribution in [0.5, 0.6) is 5.75 Å². The summed E-state index contributed by atoms with van der Waals surface area (Å²) in [6, 6.07) is 5.94. The highest BCUT2D eigenvalue weighted by Gasteiger charge is 2.26. The number of fused-ring (bicyclic) bond motifs is 1. The van der Waals surface area contributed by atoms with Gasteiger partial charge in [0.05, 0.1) is 6.10 Å². The zero-order chi connectivity index (χ0) is 13.8. The van der Waals surface area contributed by atoms with Gasteiger partial charge in [-0.1, -0.05) is 12.6 Å². The lowest BCUT2D eigenvalue weighted by Gasteiger charge is -2.29. The number of benzene rings is 1. The van der Waals surface area contributed by atoms with Crippen molar-refractivity contribution in [3.63, 3.8) is 0 Å². The van der Waals surface area contributed by atoms with Crippen molar-refractivity contribution in [3.05, 3.63) is 41.5 Å². The van der Waals surface area contributed by atoms with Gasteiger partial charge in [0.2, 0.25) is 0 Å². The van der Waals surface area contributed by atoms with Gasteiger partial charge >= 0.3 is 5.97 Å². The summed E-state index contributed by atoms with van der Waals surface area (Å²) in [5, 5.41) is 0. The van der Waals surface area contributed by atoms with Crippen LogP contribution in [0.2, 0.25) is 0 Å². The van der Waals surface area contributed by atoms with Crippen molar-refractivity contribution in [2.24, 2.45) is 0 Å². The van der Waals surface area contributed by atoms with E-state index in [-0.39, 0.29) is 18.7 Å². The number of methoxy groups -OCH3 is 1. The van der Waals surface area contributed by atoms with Gasteiger partial charge in [0.15, 0.2) is 0 Å². The monoisotopic (exact) mass is 262 g/mol. The highest BCUT2D eigenvalue weighted by molar-refractivity contribution is 5.86. The topological polar surface area (TPSA) is 44.8 Å². The molecule has 102 valence electrons. The SMILES string of the molecule is C=C(C)C(=O)OCCOc1ccc2c(c1)C(OC)C2. The minimum absolute atomic E-state index is 0.180. The maximum Gasteiger partial charge on any atom is 0.333 e. The molecule has 0 heterocycles. The molecule has 1 aliphatic carbocycles. The summed E-state index contributed by atoms with van der Waals surface area (Å²) in [6.07, 6.45) is 1.14. The summed E-state index contributed by atoms with van der Waals surface area (Å²) in [7, 11) is 1.71. The van der Waals surface area contributed by atoms with E-state index >= 15 is 0 Å². The minimum Gasteiger partial charge on any atom is -0.490 e. The van der Waals surface area contributed by atoms with Crippen LogP contribution in [-0.4, -0.2) is 26.3 Å². The summed E-state index contributed by atoms with van der Waals surface area (Å²) in [5.74, 6) is 0.382. The second-order valence-electron chi connectivity index (χ2n) is 4.55. The molecular formula is C15H18O4. The molecule has 0 aliphatic heterocycles. The van der Waals surface area contributed by atoms with Crippen molar-refractivity contribution in [3.8, 4) is 5.75 Å². The average molecular weight is 262 g/mol. The molecule has 0 saturated heterocycles. The van der Waals surface area contributed by atoms with Crippen LogP contribution in [0.1, 0.15) is 24.2 Å². The maximum absolute atomic E-state index is 11.2. The van der Waals surface area contributed by atoms with Crippen LogP contribution in [0.15, 0.2) is 30.4 Å². The fraction of sp³-hybridized carbons (Fsp3) is 0.400. The molecule has 4 heteroatoms. The Balaban J connectivity index is 1.79. The molecule has 19 heavy (non-hydrogen) atoms. The normalized spacial score (nSPS) is 16.2. The molecular weight excluding hydrogens is 244 g/mol. The highest BCUT2D eigenvalue weighted by atomic mass is 16.6. The summed E-state index contributed by atoms with van der Waals surface area (Å²) in [5.41, 5.74) is 2.87. The number of rotatable bonds is 6. The fourth-order valence-electron chi connectivity index (χ4n) is 1.95. The smallest absolute Gasteiger partial charge is 0.333 e. The molecule has 0 saturated carbocycles. The van der Waals surface area contributed by atoms with E-state index in [0.29, 0.717) is 12.2 Å². The lowest BCUT2D eigenvalue weighted by Crippen LogP contribution is -2.19. The van der Waals surface area contributed by atoms with Gasteiger partial charge < -0.3 is 14.2 Å². The average Bonchev–Trinajstić information content (AvgIpc) is 2.37. The molecule has 0 radical (unpaired) electrons. The Bertz CT molecular complexity index is 493. The van der Waals surface area contributed by atoms with Gasteiger partial charge in [-0.2, -0.15) is 0 Å². The molecule has 2 rings (SSSR count). The van der Waals surface area contributed by atoms with Gasteiger partial charge in [0.25, 0.3) is 0 Å². The van der Waals surface area contributed by atoms with Crippen LogP contribution in [0.25, 0.3) is 0 Å². The number of ether oxygens (including phenoxy) is 3. The molecule has 4 nitrogen and oxygen atoms in total. The fourth-order valence-corrected chi connectivity index (χ4v) is 1.95. The first-order valence-electron chi connectivity index (χ1n) is 6.23. The quantitative estimate of drug-likeness (QED) is 0.449. The molecule has 0 fully saturated rings. The summed E-state index contributed by atoms with van der Waals surface area (Å²) in [4.78, 5) is 11.2. The van der Waals surface area contributed by atoms with Crippen molar-refractivity contribution in [1.82, 2.24) is 0 Å². The third-order valence-corrected chi connectivity index (χ3v) is 3.09. The molecule has 1 unspecified atom stereocenters. The third-order valence-electron chi connectivity index (χ3n) is 3.09. The van der Waals surface area contributed by atoms with Crippen LogP contribution in [0.3, 0.4) is 0 Å². The Hall–Kier alpha value is -1.81. The van der Waals surface area contributed by atoms with E-state index in [0.717, 1.165) is 12.2 Å². The van der Waals surface area contributed by atoms with Crippen LogP contribution in [0, 0.1) is 0 Å². The van der Waals surface area contributed by atoms with Gasteiger partial charge in [-0.05, 0) is 30.2 Å². The number of esters is 1. The lowest BCUT2D eigenvalue weighted by molar-refractivity contribution is -0.139. The number of carbonyl (C=O) groups excluding carboxylic acids is 1. The zero-order valence-electron chi connectivity index (χ0n) is 11.3. The molecule has 1 aromatic carbocycles. The zero-order valence-corrected chi connectivity index (χ0v) is 11.3. The van der Waals surface area contributed by atoms with Gasteiger partial charge in [-0.25, -0.2) is 4.79 Å². The molecule has 0 spiro atoms. The second kappa shape index (κ2) is 5.89. The Kier molecular flexibility index (Phi) is 4.22. The lowest BCUT2D eigenvalue weighted by atomic mass is 9.85. The summed E-state index contributed by atoms with van der Waals surface area (Å²) < 4.78 is 15.8. The van der Waals surface area contributed by atoms with Gasteiger partial charge in [0.1, 0.15) is 19.0 Å². The number of hydrogen-bond acceptors (Lipinski definition) is 4. The van der Waals surface area contributed by atoms with Gasteiger partial charge in [0, 0.05) is 19.1 Å². The van der Waals surface area contributed by atoms with E-state index in [1.54, 1.807) is 14.0 Å². The molecule has 1 aliphatic rings. The van der Waals surface area contributed by atoms with E-state index < -0.39 is 0 Å². The van der Waals surface area contributed by atoms with E-state index in [1.165, 1.54) is 11.1 Å². The number of hydrogen-bond donors (Lipinski definition) is 0. The van der Waals surface area contributed by atoms with E-state index in [2.05, 4.69) is 6.58 Å². The molecule has 1 aromatic rings. The predicted octanol–water partition coefficient (Wildman–Crippen LogP) is 2.43. The van der Waals surface area contributed by atoms with Crippen LogP contribution in [0.4, 0.5) is 0 Å². The van der Waals surface area contributed by atoms with Crippen LogP contribution in [-0.2, 0) is 20.7 Å². The van der Waals surface area contributed by atoms with Crippen LogP contribution < -0.4 is 4.74 Å². The van der Waals surface area contributed by atoms with Crippen molar-refractivity contribution in [2.45, 2.75) is 19.4 Å². The highest BCUT2D eigenvalue weighted by Crippen LogP contribution is 2.37. The van der Waals surface area contributed by atoms with Crippen LogP contribution >= 0.6 is 0 Å². The first-order chi connectivity index (χ1) is 9.11. The minimum atomic E-state index is -0.389. The van der Waals surface area contributed by atoms with Crippen molar-refractivity contribution in [1.29, 1.82) is 0 Å². The van der Waals surface area contributed by atoms with Gasteiger partial charge in [-0.15, -0.1) is 0 Å². The van der Waals surface area contributed by atoms with Crippen molar-refractivity contribution in [2.75, 3.05) is 20.3 Å².